The van der Waals surface area contributed by atoms with Gasteiger partial charge in [-0.3, -0.25) is 4.79 Å². The lowest BCUT2D eigenvalue weighted by atomic mass is 9.88. The third-order valence-electron chi connectivity index (χ3n) is 4.03. The van der Waals surface area contributed by atoms with Crippen molar-refractivity contribution in [1.29, 1.82) is 0 Å². The summed E-state index contributed by atoms with van der Waals surface area (Å²) in [5, 5.41) is 14.0. The monoisotopic (exact) mass is 337 g/mol. The average molecular weight is 337 g/mol. The van der Waals surface area contributed by atoms with Crippen LogP contribution >= 0.6 is 0 Å². The summed E-state index contributed by atoms with van der Waals surface area (Å²) < 4.78 is 5.27. The molecule has 1 amide bonds. The molecular weight excluding hydrogens is 318 g/mol. The maximum atomic E-state index is 11.6. The number of methoxy groups -OCH3 is 1. The van der Waals surface area contributed by atoms with Crippen LogP contribution in [0.2, 0.25) is 0 Å². The van der Waals surface area contributed by atoms with E-state index in [9.17, 15) is 4.79 Å². The first-order chi connectivity index (χ1) is 12.2. The number of primary amides is 1. The molecule has 7 nitrogen and oxygen atoms in total. The van der Waals surface area contributed by atoms with Crippen molar-refractivity contribution < 1.29 is 9.53 Å². The van der Waals surface area contributed by atoms with Gasteiger partial charge in [0.15, 0.2) is 0 Å². The molecule has 3 rings (SSSR count). The van der Waals surface area contributed by atoms with Crippen LogP contribution in [-0.4, -0.2) is 33.6 Å². The highest BCUT2D eigenvalue weighted by atomic mass is 16.5. The number of ether oxygens (including phenoxy) is 1. The second kappa shape index (κ2) is 7.57. The standard InChI is InChI=1S/C18H19N5O2/c1-25-16-7-2-4-12(9-16)8-15(11-17(19)24)13-5-3-6-14(10-13)18-20-22-23-21-18/h2-7,9-10,15H,8,11H2,1H3,(H2,19,24)(H,20,21,22,23). The van der Waals surface area contributed by atoms with Crippen LogP contribution in [0, 0.1) is 0 Å². The average Bonchev–Trinajstić information content (AvgIpc) is 3.16. The van der Waals surface area contributed by atoms with E-state index in [2.05, 4.69) is 20.6 Å². The van der Waals surface area contributed by atoms with Gasteiger partial charge in [-0.05, 0) is 46.9 Å². The van der Waals surface area contributed by atoms with Gasteiger partial charge >= 0.3 is 0 Å². The van der Waals surface area contributed by atoms with Gasteiger partial charge in [0.25, 0.3) is 0 Å². The molecule has 2 aromatic carbocycles. The number of nitrogens with zero attached hydrogens (tertiary/aromatic N) is 3. The molecule has 0 aliphatic rings. The predicted molar refractivity (Wildman–Crippen MR) is 92.9 cm³/mol. The zero-order valence-corrected chi connectivity index (χ0v) is 13.8. The Labute approximate surface area is 145 Å². The van der Waals surface area contributed by atoms with E-state index in [0.29, 0.717) is 12.2 Å². The molecule has 1 atom stereocenters. The van der Waals surface area contributed by atoms with Crippen LogP contribution in [0.5, 0.6) is 5.75 Å². The number of hydrogen-bond acceptors (Lipinski definition) is 5. The van der Waals surface area contributed by atoms with Crippen LogP contribution < -0.4 is 10.5 Å². The molecule has 0 aliphatic carbocycles. The molecule has 0 fully saturated rings. The number of nitrogens with two attached hydrogens (primary N) is 1. The van der Waals surface area contributed by atoms with Gasteiger partial charge < -0.3 is 10.5 Å². The first kappa shape index (κ1) is 16.6. The summed E-state index contributed by atoms with van der Waals surface area (Å²) >= 11 is 0. The minimum Gasteiger partial charge on any atom is -0.497 e. The molecule has 1 heterocycles. The topological polar surface area (TPSA) is 107 Å². The molecule has 0 radical (unpaired) electrons. The van der Waals surface area contributed by atoms with Crippen LogP contribution in [0.1, 0.15) is 23.5 Å². The van der Waals surface area contributed by atoms with Gasteiger partial charge in [0.1, 0.15) is 5.75 Å². The number of hydrogen-bond donors (Lipinski definition) is 2. The Morgan fingerprint density at radius 1 is 1.24 bits per heavy atom. The Kier molecular flexibility index (Phi) is 5.03. The van der Waals surface area contributed by atoms with Gasteiger partial charge in [0.05, 0.1) is 7.11 Å². The number of carbonyl (C=O) groups is 1. The van der Waals surface area contributed by atoms with Crippen molar-refractivity contribution in [1.82, 2.24) is 20.6 Å². The van der Waals surface area contributed by atoms with E-state index in [1.165, 1.54) is 0 Å². The lowest BCUT2D eigenvalue weighted by Gasteiger charge is -2.17. The Hall–Kier alpha value is -3.22. The van der Waals surface area contributed by atoms with Gasteiger partial charge in [-0.25, -0.2) is 0 Å². The van der Waals surface area contributed by atoms with Crippen molar-refractivity contribution in [3.63, 3.8) is 0 Å². The Bertz CT molecular complexity index is 848. The van der Waals surface area contributed by atoms with Crippen LogP contribution in [-0.2, 0) is 11.2 Å². The number of nitrogens with one attached hydrogen (secondary N) is 1. The van der Waals surface area contributed by atoms with E-state index in [-0.39, 0.29) is 18.2 Å². The highest BCUT2D eigenvalue weighted by molar-refractivity contribution is 5.75. The normalized spacial score (nSPS) is 11.9. The molecule has 25 heavy (non-hydrogen) atoms. The zero-order valence-electron chi connectivity index (χ0n) is 13.8. The molecule has 0 saturated heterocycles. The molecule has 0 aliphatic heterocycles. The Morgan fingerprint density at radius 2 is 2.08 bits per heavy atom. The Morgan fingerprint density at radius 3 is 2.80 bits per heavy atom. The van der Waals surface area contributed by atoms with E-state index in [0.717, 1.165) is 22.4 Å². The van der Waals surface area contributed by atoms with Gasteiger partial charge in [-0.15, -0.1) is 10.2 Å². The first-order valence-corrected chi connectivity index (χ1v) is 7.90. The third kappa shape index (κ3) is 4.20. The van der Waals surface area contributed by atoms with Crippen LogP contribution in [0.3, 0.4) is 0 Å². The fraction of sp³-hybridized carbons (Fsp3) is 0.222. The molecule has 0 spiro atoms. The van der Waals surface area contributed by atoms with Crippen molar-refractivity contribution in [2.45, 2.75) is 18.8 Å². The second-order valence-electron chi connectivity index (χ2n) is 5.78. The Balaban J connectivity index is 1.90. The quantitative estimate of drug-likeness (QED) is 0.686. The number of tetrazole rings is 1. The number of aromatic amines is 1. The van der Waals surface area contributed by atoms with Crippen molar-refractivity contribution in [3.05, 3.63) is 59.7 Å². The summed E-state index contributed by atoms with van der Waals surface area (Å²) in [6.07, 6.45) is 0.933. The van der Waals surface area contributed by atoms with Crippen molar-refractivity contribution in [3.8, 4) is 17.1 Å². The highest BCUT2D eigenvalue weighted by Crippen LogP contribution is 2.28. The number of H-pyrrole nitrogens is 1. The maximum Gasteiger partial charge on any atom is 0.218 e. The fourth-order valence-electron chi connectivity index (χ4n) is 2.85. The summed E-state index contributed by atoms with van der Waals surface area (Å²) in [5.41, 5.74) is 8.39. The second-order valence-corrected chi connectivity index (χ2v) is 5.78. The largest absolute Gasteiger partial charge is 0.497 e. The molecule has 7 heteroatoms. The number of aromatic nitrogens is 4. The summed E-state index contributed by atoms with van der Waals surface area (Å²) in [6, 6.07) is 15.6. The summed E-state index contributed by atoms with van der Waals surface area (Å²) in [4.78, 5) is 11.6. The minimum atomic E-state index is -0.335. The molecule has 1 unspecified atom stereocenters. The van der Waals surface area contributed by atoms with Crippen molar-refractivity contribution in [2.24, 2.45) is 5.73 Å². The first-order valence-electron chi connectivity index (χ1n) is 7.90. The molecule has 0 saturated carbocycles. The van der Waals surface area contributed by atoms with Crippen LogP contribution in [0.25, 0.3) is 11.4 Å². The number of amides is 1. The van der Waals surface area contributed by atoms with E-state index < -0.39 is 0 Å². The van der Waals surface area contributed by atoms with Crippen molar-refractivity contribution in [2.75, 3.05) is 7.11 Å². The smallest absolute Gasteiger partial charge is 0.218 e. The van der Waals surface area contributed by atoms with Crippen LogP contribution in [0.15, 0.2) is 48.5 Å². The molecular formula is C18H19N5O2. The van der Waals surface area contributed by atoms with Crippen LogP contribution in [0.4, 0.5) is 0 Å². The van der Waals surface area contributed by atoms with Gasteiger partial charge in [0.2, 0.25) is 11.7 Å². The predicted octanol–water partition coefficient (Wildman–Crippen LogP) is 2.08. The van der Waals surface area contributed by atoms with E-state index in [1.54, 1.807) is 7.11 Å². The highest BCUT2D eigenvalue weighted by Gasteiger charge is 2.17. The van der Waals surface area contributed by atoms with E-state index >= 15 is 0 Å². The summed E-state index contributed by atoms with van der Waals surface area (Å²) in [5.74, 6) is 0.922. The molecule has 3 aromatic rings. The molecule has 1 aromatic heterocycles. The lowest BCUT2D eigenvalue weighted by molar-refractivity contribution is -0.118. The van der Waals surface area contributed by atoms with Gasteiger partial charge in [-0.1, -0.05) is 30.3 Å². The molecule has 3 N–H and O–H groups in total. The van der Waals surface area contributed by atoms with Gasteiger partial charge in [-0.2, -0.15) is 5.21 Å². The van der Waals surface area contributed by atoms with Gasteiger partial charge in [0, 0.05) is 12.0 Å². The third-order valence-corrected chi connectivity index (χ3v) is 4.03. The van der Waals surface area contributed by atoms with E-state index in [1.807, 2.05) is 48.5 Å². The summed E-state index contributed by atoms with van der Waals surface area (Å²) in [6.45, 7) is 0. The summed E-state index contributed by atoms with van der Waals surface area (Å²) in [7, 11) is 1.63. The minimum absolute atomic E-state index is 0.0449. The lowest BCUT2D eigenvalue weighted by Crippen LogP contribution is -2.17. The number of benzene rings is 2. The van der Waals surface area contributed by atoms with Crippen molar-refractivity contribution >= 4 is 5.91 Å². The molecule has 128 valence electrons. The SMILES string of the molecule is COc1cccc(CC(CC(N)=O)c2cccc(-c3nn[nH]n3)c2)c1. The fourth-order valence-corrected chi connectivity index (χ4v) is 2.85. The number of rotatable bonds is 7. The maximum absolute atomic E-state index is 11.6. The molecule has 0 bridgehead atoms. The van der Waals surface area contributed by atoms with E-state index in [4.69, 9.17) is 10.5 Å². The number of carbonyl (C=O) groups excluding carboxylic acids is 1. The zero-order chi connectivity index (χ0) is 17.6.